The van der Waals surface area contributed by atoms with E-state index in [4.69, 9.17) is 19.4 Å². The second-order valence-corrected chi connectivity index (χ2v) is 20.8. The van der Waals surface area contributed by atoms with E-state index in [0.717, 1.165) is 17.4 Å². The predicted molar refractivity (Wildman–Crippen MR) is 247 cm³/mol. The van der Waals surface area contributed by atoms with Crippen molar-refractivity contribution in [3.63, 3.8) is 0 Å². The molecule has 4 aromatic rings. The van der Waals surface area contributed by atoms with Gasteiger partial charge in [-0.25, -0.2) is 38.0 Å². The Labute approximate surface area is 392 Å². The molecule has 3 unspecified atom stereocenters. The molecule has 0 radical (unpaired) electrons. The second-order valence-electron chi connectivity index (χ2n) is 16.2. The minimum atomic E-state index is -5.82. The topological polar surface area (TPSA) is 354 Å². The van der Waals surface area contributed by atoms with Gasteiger partial charge in [0.1, 0.15) is 55.6 Å². The maximum atomic E-state index is 13.2. The highest BCUT2D eigenvalue weighted by atomic mass is 31.3. The van der Waals surface area contributed by atoms with Crippen molar-refractivity contribution in [1.29, 1.82) is 0 Å². The Morgan fingerprint density at radius 2 is 1.58 bits per heavy atom. The lowest BCUT2D eigenvalue weighted by Crippen LogP contribution is -2.33. The molecule has 1 fully saturated rings. The molecule has 2 aromatic heterocycles. The Hall–Kier alpha value is -5.49. The van der Waals surface area contributed by atoms with Gasteiger partial charge >= 0.3 is 29.4 Å². The number of carbonyl (C=O) groups excluding carboxylic acids is 1. The van der Waals surface area contributed by atoms with Crippen LogP contribution in [0.3, 0.4) is 0 Å². The van der Waals surface area contributed by atoms with Gasteiger partial charge in [0.2, 0.25) is 5.36 Å². The summed E-state index contributed by atoms with van der Waals surface area (Å²) >= 11 is 0. The lowest BCUT2D eigenvalue weighted by molar-refractivity contribution is -0.0503. The van der Waals surface area contributed by atoms with E-state index < -0.39 is 73.1 Å². The van der Waals surface area contributed by atoms with E-state index in [0.29, 0.717) is 52.7 Å². The number of carboxylic acids is 1. The van der Waals surface area contributed by atoms with Gasteiger partial charge in [-0.2, -0.15) is 8.62 Å². The molecule has 0 spiro atoms. The number of hydrogen-bond donors (Lipinski definition) is 8. The summed E-state index contributed by atoms with van der Waals surface area (Å²) in [6.45, 7) is -1.26. The summed E-state index contributed by atoms with van der Waals surface area (Å²) in [7, 11) is -9.13. The second kappa shape index (κ2) is 20.8. The first-order valence-electron chi connectivity index (χ1n) is 21.0. The quantitative estimate of drug-likeness (QED) is 0.0234. The highest BCUT2D eigenvalue weighted by Gasteiger charge is 2.47. The monoisotopic (exact) mass is 1020 g/mol. The summed E-state index contributed by atoms with van der Waals surface area (Å²) in [6.07, 6.45) is -2.42. The fourth-order valence-electron chi connectivity index (χ4n) is 7.50. The van der Waals surface area contributed by atoms with Crippen LogP contribution in [0.2, 0.25) is 0 Å². The number of benzene rings is 3. The number of anilines is 2. The minimum absolute atomic E-state index is 0.0260. The Bertz CT molecular complexity index is 3090. The van der Waals surface area contributed by atoms with Crippen molar-refractivity contribution in [2.75, 3.05) is 58.6 Å². The van der Waals surface area contributed by atoms with Gasteiger partial charge in [-0.05, 0) is 48.7 Å². The van der Waals surface area contributed by atoms with Crippen molar-refractivity contribution >= 4 is 69.0 Å². The number of rotatable bonds is 20. The van der Waals surface area contributed by atoms with Gasteiger partial charge in [0.15, 0.2) is 17.7 Å². The summed E-state index contributed by atoms with van der Waals surface area (Å²) in [6, 6.07) is 15.8. The van der Waals surface area contributed by atoms with Gasteiger partial charge in [0.25, 0.3) is 5.91 Å². The third-order valence-electron chi connectivity index (χ3n) is 10.9. The minimum Gasteiger partial charge on any atom is -0.478 e. The Kier molecular flexibility index (Phi) is 15.5. The van der Waals surface area contributed by atoms with Crippen molar-refractivity contribution in [3.8, 4) is 22.5 Å². The van der Waals surface area contributed by atoms with Gasteiger partial charge in [0.05, 0.1) is 31.2 Å². The molecule has 69 heavy (non-hydrogen) atoms. The molecule has 25 nitrogen and oxygen atoms in total. The molecule has 7 atom stereocenters. The van der Waals surface area contributed by atoms with E-state index in [-0.39, 0.29) is 41.1 Å². The Balaban J connectivity index is 0.867. The number of phosphoric acid groups is 3. The van der Waals surface area contributed by atoms with Gasteiger partial charge < -0.3 is 55.1 Å². The molecule has 2 aliphatic heterocycles. The summed E-state index contributed by atoms with van der Waals surface area (Å²) in [5.41, 5.74) is 9.25. The average Bonchev–Trinajstić information content (AvgIpc) is 3.84. The lowest BCUT2D eigenvalue weighted by atomic mass is 9.89. The standard InChI is InChI=1S/C41H49N8O17P3/c1-47(2)24-10-13-27-30(18-24)63-31-19-25(48(3)4)11-14-28(31)33(27)26-12-9-23(17-29(26)41(53)54)39(52)43-15-7-5-6-8-16-61-67(55,56)65-69(59,60)66-68(57,58)62-20-32-35(50)36(51)40(64-32)49-22-46-34-37(42)44-21-45-38(34)49/h9-14,17-19,21-22,32,35-36,40,50-51H,5-8,15-16,20H2,1-4H3,(H6-,42,43,44,45,52,53,54,55,56,57,58,59,60)/p+1/t32-,35-,36-,40-/m1/s1. The van der Waals surface area contributed by atoms with Crippen LogP contribution in [0.5, 0.6) is 0 Å². The molecule has 9 N–H and O–H groups in total. The van der Waals surface area contributed by atoms with E-state index >= 15 is 0 Å². The summed E-state index contributed by atoms with van der Waals surface area (Å²) in [4.78, 5) is 69.8. The number of aliphatic hydroxyl groups is 2. The summed E-state index contributed by atoms with van der Waals surface area (Å²) < 4.78 is 70.1. The van der Waals surface area contributed by atoms with Crippen LogP contribution in [0.4, 0.5) is 11.5 Å². The summed E-state index contributed by atoms with van der Waals surface area (Å²) in [5.74, 6) is -1.18. The first kappa shape index (κ1) is 51.4. The van der Waals surface area contributed by atoms with Crippen LogP contribution in [-0.4, -0.2) is 128 Å². The number of nitrogens with two attached hydrogens (primary N) is 1. The van der Waals surface area contributed by atoms with E-state index in [1.54, 1.807) is 12.1 Å². The maximum Gasteiger partial charge on any atom is 0.490 e. The number of imidazole rings is 1. The number of fused-ring (bicyclic) bond motifs is 3. The molecule has 1 amide bonds. The lowest BCUT2D eigenvalue weighted by Gasteiger charge is -2.20. The van der Waals surface area contributed by atoms with Crippen molar-refractivity contribution in [2.45, 2.75) is 50.2 Å². The molecule has 2 aromatic carbocycles. The van der Waals surface area contributed by atoms with E-state index in [1.165, 1.54) is 17.0 Å². The van der Waals surface area contributed by atoms with E-state index in [2.05, 4.69) is 33.4 Å². The number of phosphoric ester groups is 2. The molecule has 7 rings (SSSR count). The number of aromatic nitrogens is 4. The number of unbranched alkanes of at least 4 members (excludes halogenated alkanes) is 3. The van der Waals surface area contributed by atoms with Crippen LogP contribution >= 0.6 is 23.5 Å². The number of nitrogens with zero attached hydrogens (tertiary/aromatic N) is 6. The third kappa shape index (κ3) is 11.9. The van der Waals surface area contributed by atoms with E-state index in [9.17, 15) is 53.3 Å². The molecular weight excluding hydrogens is 969 g/mol. The molecule has 370 valence electrons. The molecule has 28 heteroatoms. The van der Waals surface area contributed by atoms with Gasteiger partial charge in [-0.1, -0.05) is 18.9 Å². The molecule has 3 aliphatic rings. The van der Waals surface area contributed by atoms with Crippen LogP contribution < -0.4 is 25.9 Å². The van der Waals surface area contributed by atoms with Crippen LogP contribution in [0, 0.1) is 0 Å². The van der Waals surface area contributed by atoms with Gasteiger partial charge in [-0.3, -0.25) is 18.4 Å². The summed E-state index contributed by atoms with van der Waals surface area (Å²) in [5, 5.41) is 35.8. The highest BCUT2D eigenvalue weighted by Crippen LogP contribution is 2.67. The van der Waals surface area contributed by atoms with Crippen molar-refractivity contribution in [1.82, 2.24) is 29.4 Å². The van der Waals surface area contributed by atoms with Crippen molar-refractivity contribution in [2.24, 2.45) is 0 Å². The number of ether oxygens (including phenoxy) is 1. The first-order chi connectivity index (χ1) is 32.5. The Morgan fingerprint density at radius 1 is 0.870 bits per heavy atom. The van der Waals surface area contributed by atoms with Gasteiger partial charge in [-0.15, -0.1) is 0 Å². The maximum absolute atomic E-state index is 13.2. The molecule has 1 saturated heterocycles. The highest BCUT2D eigenvalue weighted by molar-refractivity contribution is 7.66. The number of hydrogen-bond acceptors (Lipinski definition) is 18. The van der Waals surface area contributed by atoms with Gasteiger partial charge in [0, 0.05) is 60.5 Å². The third-order valence-corrected chi connectivity index (χ3v) is 15.2. The van der Waals surface area contributed by atoms with Crippen molar-refractivity contribution < 1.29 is 80.1 Å². The van der Waals surface area contributed by atoms with E-state index in [1.807, 2.05) is 74.1 Å². The Morgan fingerprint density at radius 3 is 2.29 bits per heavy atom. The largest absolute Gasteiger partial charge is 0.490 e. The normalized spacial score (nSPS) is 19.8. The average molecular weight is 1020 g/mol. The number of nitrogens with one attached hydrogen (secondary N) is 1. The van der Waals surface area contributed by atoms with Crippen LogP contribution in [-0.2, 0) is 36.1 Å². The molecule has 1 aliphatic carbocycles. The first-order valence-corrected chi connectivity index (χ1v) is 25.5. The molecule has 0 saturated carbocycles. The SMILES string of the molecule is CN(C)c1ccc2c(-c3ccc(C(=O)NCCCCCCOP(=O)(O)OP(=O)(O)OP(=O)(O)OC[C@H]4O[C@@H](n5cnc6c(N)ncnc65)[C@H](O)[C@@H]4O)cc3C(=O)O)c3ccc(=[N+](C)C)cc-3oc2c1. The fourth-order valence-corrected chi connectivity index (χ4v) is 11.0. The van der Waals surface area contributed by atoms with Crippen molar-refractivity contribution in [3.05, 3.63) is 83.7 Å². The molecule has 0 bridgehead atoms. The molecular formula is C41H50N8O17P3+. The number of carboxylic acid groups (broad SMARTS) is 1. The number of nitrogen functional groups attached to an aromatic ring is 1. The van der Waals surface area contributed by atoms with Crippen LogP contribution in [0.15, 0.2) is 71.7 Å². The molecule has 4 heterocycles. The van der Waals surface area contributed by atoms with Crippen LogP contribution in [0.1, 0.15) is 52.6 Å². The zero-order valence-electron chi connectivity index (χ0n) is 37.4. The number of aliphatic hydroxyl groups excluding tert-OH is 2. The number of carbonyl (C=O) groups is 2. The fraction of sp³-hybridized carbons (Fsp3) is 0.366. The zero-order chi connectivity index (χ0) is 50.0. The number of aromatic carboxylic acids is 1. The zero-order valence-corrected chi connectivity index (χ0v) is 40.1. The predicted octanol–water partition coefficient (Wildman–Crippen LogP) is 3.70. The number of amides is 1. The van der Waals surface area contributed by atoms with Crippen LogP contribution in [0.25, 0.3) is 44.6 Å². The smallest absolute Gasteiger partial charge is 0.478 e.